The summed E-state index contributed by atoms with van der Waals surface area (Å²) in [7, 11) is 0. The summed E-state index contributed by atoms with van der Waals surface area (Å²) in [5.74, 6) is -2.21. The Morgan fingerprint density at radius 1 is 1.26 bits per heavy atom. The molecule has 0 spiro atoms. The number of carboxylic acid groups (broad SMARTS) is 1. The van der Waals surface area contributed by atoms with E-state index >= 15 is 0 Å². The summed E-state index contributed by atoms with van der Waals surface area (Å²) in [6, 6.07) is 5.89. The average molecular weight is 318 g/mol. The first-order valence-corrected chi connectivity index (χ1v) is 6.57. The number of pyridine rings is 1. The molecule has 0 aliphatic heterocycles. The zero-order chi connectivity index (χ0) is 14.0. The summed E-state index contributed by atoms with van der Waals surface area (Å²) in [5.41, 5.74) is -0.419. The smallest absolute Gasteiger partial charge is 0.338 e. The van der Waals surface area contributed by atoms with Crippen molar-refractivity contribution in [3.8, 4) is 0 Å². The fraction of sp³-hybridized carbons (Fsp3) is 0. The van der Waals surface area contributed by atoms with Crippen LogP contribution in [0.1, 0.15) is 10.4 Å². The van der Waals surface area contributed by atoms with Crippen LogP contribution in [0, 0.1) is 5.82 Å². The minimum absolute atomic E-state index is 0.0294. The van der Waals surface area contributed by atoms with Gasteiger partial charge < -0.3 is 5.11 Å². The van der Waals surface area contributed by atoms with Gasteiger partial charge in [0.1, 0.15) is 5.03 Å². The fourth-order valence-electron chi connectivity index (χ4n) is 1.31. The predicted octanol–water partition coefficient (Wildman–Crippen LogP) is 4.38. The molecule has 0 atom stereocenters. The van der Waals surface area contributed by atoms with Crippen LogP contribution in [0.5, 0.6) is 0 Å². The molecule has 0 radical (unpaired) electrons. The maximum absolute atomic E-state index is 13.9. The molecule has 2 rings (SSSR count). The molecule has 0 unspecified atom stereocenters. The van der Waals surface area contributed by atoms with E-state index in [0.29, 0.717) is 14.9 Å². The summed E-state index contributed by atoms with van der Waals surface area (Å²) < 4.78 is 13.9. The van der Waals surface area contributed by atoms with Gasteiger partial charge in [0.2, 0.25) is 0 Å². The Morgan fingerprint density at radius 3 is 2.63 bits per heavy atom. The molecule has 98 valence electrons. The maximum atomic E-state index is 13.9. The largest absolute Gasteiger partial charge is 0.478 e. The number of carboxylic acids is 1. The minimum Gasteiger partial charge on any atom is -0.478 e. The van der Waals surface area contributed by atoms with Crippen molar-refractivity contribution in [2.45, 2.75) is 9.92 Å². The lowest BCUT2D eigenvalue weighted by Gasteiger charge is -2.05. The van der Waals surface area contributed by atoms with Gasteiger partial charge >= 0.3 is 5.97 Å². The zero-order valence-electron chi connectivity index (χ0n) is 9.23. The molecule has 0 saturated carbocycles. The second-order valence-corrected chi connectivity index (χ2v) is 5.34. The van der Waals surface area contributed by atoms with Crippen molar-refractivity contribution >= 4 is 40.9 Å². The third-order valence-electron chi connectivity index (χ3n) is 2.19. The van der Waals surface area contributed by atoms with E-state index < -0.39 is 17.3 Å². The van der Waals surface area contributed by atoms with Crippen LogP contribution in [0.15, 0.2) is 40.4 Å². The van der Waals surface area contributed by atoms with E-state index in [1.807, 2.05) is 0 Å². The van der Waals surface area contributed by atoms with E-state index in [-0.39, 0.29) is 5.03 Å². The highest BCUT2D eigenvalue weighted by molar-refractivity contribution is 7.99. The van der Waals surface area contributed by atoms with Crippen LogP contribution in [0.2, 0.25) is 10.0 Å². The van der Waals surface area contributed by atoms with E-state index in [1.54, 1.807) is 18.2 Å². The normalized spacial score (nSPS) is 10.5. The van der Waals surface area contributed by atoms with E-state index in [9.17, 15) is 9.18 Å². The van der Waals surface area contributed by atoms with Crippen molar-refractivity contribution in [1.82, 2.24) is 4.98 Å². The van der Waals surface area contributed by atoms with E-state index in [4.69, 9.17) is 28.3 Å². The molecule has 7 heteroatoms. The van der Waals surface area contributed by atoms with Gasteiger partial charge in [0.05, 0.1) is 15.6 Å². The summed E-state index contributed by atoms with van der Waals surface area (Å²) >= 11 is 12.6. The van der Waals surface area contributed by atoms with Gasteiger partial charge in [-0.3, -0.25) is 0 Å². The highest BCUT2D eigenvalue weighted by Gasteiger charge is 2.16. The van der Waals surface area contributed by atoms with E-state index in [1.165, 1.54) is 6.20 Å². The lowest BCUT2D eigenvalue weighted by molar-refractivity contribution is 0.0691. The van der Waals surface area contributed by atoms with Gasteiger partial charge in [-0.1, -0.05) is 35.0 Å². The molecule has 1 aromatic carbocycles. The summed E-state index contributed by atoms with van der Waals surface area (Å²) in [4.78, 5) is 15.2. The maximum Gasteiger partial charge on any atom is 0.338 e. The van der Waals surface area contributed by atoms with Crippen LogP contribution < -0.4 is 0 Å². The topological polar surface area (TPSA) is 50.2 Å². The molecular formula is C12H6Cl2FNO2S. The first-order chi connectivity index (χ1) is 8.99. The van der Waals surface area contributed by atoms with Crippen molar-refractivity contribution < 1.29 is 14.3 Å². The summed E-state index contributed by atoms with van der Waals surface area (Å²) in [6.45, 7) is 0. The molecule has 0 aliphatic carbocycles. The number of carbonyl (C=O) groups is 1. The number of hydrogen-bond donors (Lipinski definition) is 1. The standard InChI is InChI=1S/C12H6Cl2FNO2S/c13-8-2-1-6(5-9(8)14)19-11-10(15)7(12(17)18)3-4-16-11/h1-5H,(H,17,18). The van der Waals surface area contributed by atoms with Crippen LogP contribution in [-0.4, -0.2) is 16.1 Å². The minimum atomic E-state index is -1.34. The van der Waals surface area contributed by atoms with Crippen LogP contribution in [-0.2, 0) is 0 Å². The number of halogens is 3. The van der Waals surface area contributed by atoms with Gasteiger partial charge in [0.25, 0.3) is 0 Å². The SMILES string of the molecule is O=C(O)c1ccnc(Sc2ccc(Cl)c(Cl)c2)c1F. The van der Waals surface area contributed by atoms with Gasteiger partial charge in [0, 0.05) is 11.1 Å². The first-order valence-electron chi connectivity index (χ1n) is 4.99. The Bertz CT molecular complexity index is 652. The van der Waals surface area contributed by atoms with E-state index in [0.717, 1.165) is 17.8 Å². The Kier molecular flexibility index (Phi) is 4.29. The van der Waals surface area contributed by atoms with Gasteiger partial charge in [-0.25, -0.2) is 14.2 Å². The first kappa shape index (κ1) is 14.1. The highest BCUT2D eigenvalue weighted by Crippen LogP contribution is 2.33. The van der Waals surface area contributed by atoms with Crippen LogP contribution in [0.3, 0.4) is 0 Å². The molecule has 0 amide bonds. The fourth-order valence-corrected chi connectivity index (χ4v) is 2.52. The lowest BCUT2D eigenvalue weighted by Crippen LogP contribution is -2.02. The Labute approximate surface area is 122 Å². The molecule has 0 aliphatic rings. The monoisotopic (exact) mass is 317 g/mol. The molecule has 2 aromatic rings. The number of rotatable bonds is 3. The van der Waals surface area contributed by atoms with Crippen molar-refractivity contribution in [2.24, 2.45) is 0 Å². The van der Waals surface area contributed by atoms with Crippen molar-refractivity contribution in [3.05, 3.63) is 51.9 Å². The number of benzene rings is 1. The molecule has 0 bridgehead atoms. The third-order valence-corrected chi connectivity index (χ3v) is 3.90. The predicted molar refractivity (Wildman–Crippen MR) is 71.7 cm³/mol. The van der Waals surface area contributed by atoms with Crippen molar-refractivity contribution in [2.75, 3.05) is 0 Å². The molecule has 1 heterocycles. The van der Waals surface area contributed by atoms with Crippen LogP contribution in [0.25, 0.3) is 0 Å². The molecule has 1 aromatic heterocycles. The molecule has 0 saturated heterocycles. The Balaban J connectivity index is 2.35. The number of aromatic nitrogens is 1. The van der Waals surface area contributed by atoms with Crippen molar-refractivity contribution in [1.29, 1.82) is 0 Å². The number of nitrogens with zero attached hydrogens (tertiary/aromatic N) is 1. The Morgan fingerprint density at radius 2 is 2.00 bits per heavy atom. The van der Waals surface area contributed by atoms with E-state index in [2.05, 4.69) is 4.98 Å². The highest BCUT2D eigenvalue weighted by atomic mass is 35.5. The number of hydrogen-bond acceptors (Lipinski definition) is 3. The number of aromatic carboxylic acids is 1. The molecule has 3 nitrogen and oxygen atoms in total. The quantitative estimate of drug-likeness (QED) is 0.912. The summed E-state index contributed by atoms with van der Waals surface area (Å²) in [5, 5.41) is 9.51. The second kappa shape index (κ2) is 5.77. The Hall–Kier alpha value is -1.30. The van der Waals surface area contributed by atoms with Gasteiger partial charge in [0.15, 0.2) is 5.82 Å². The average Bonchev–Trinajstić information content (AvgIpc) is 2.36. The molecule has 0 fully saturated rings. The van der Waals surface area contributed by atoms with Gasteiger partial charge in [-0.2, -0.15) is 0 Å². The molecule has 1 N–H and O–H groups in total. The molecule has 19 heavy (non-hydrogen) atoms. The summed E-state index contributed by atoms with van der Waals surface area (Å²) in [6.07, 6.45) is 1.24. The van der Waals surface area contributed by atoms with Gasteiger partial charge in [-0.05, 0) is 24.3 Å². The second-order valence-electron chi connectivity index (χ2n) is 3.46. The van der Waals surface area contributed by atoms with Crippen LogP contribution >= 0.6 is 35.0 Å². The lowest BCUT2D eigenvalue weighted by atomic mass is 10.3. The molecular weight excluding hydrogens is 312 g/mol. The van der Waals surface area contributed by atoms with Crippen molar-refractivity contribution in [3.63, 3.8) is 0 Å². The zero-order valence-corrected chi connectivity index (χ0v) is 11.6. The van der Waals surface area contributed by atoms with Crippen LogP contribution in [0.4, 0.5) is 4.39 Å². The third kappa shape index (κ3) is 3.18. The van der Waals surface area contributed by atoms with Gasteiger partial charge in [-0.15, -0.1) is 0 Å².